The first-order chi connectivity index (χ1) is 12.7. The number of hydrogen-bond donors (Lipinski definition) is 2. The molecule has 1 fully saturated rings. The van der Waals surface area contributed by atoms with Crippen LogP contribution in [0.15, 0.2) is 67.0 Å². The first-order valence-electron chi connectivity index (χ1n) is 8.57. The zero-order valence-corrected chi connectivity index (χ0v) is 14.3. The molecule has 1 aromatic heterocycles. The van der Waals surface area contributed by atoms with Crippen LogP contribution in [-0.4, -0.2) is 21.1 Å². The molecule has 0 radical (unpaired) electrons. The van der Waals surface area contributed by atoms with Gasteiger partial charge in [-0.25, -0.2) is 15.4 Å². The van der Waals surface area contributed by atoms with E-state index >= 15 is 0 Å². The SMILES string of the molecule is Cc1cnc(-c2ccc(C3C(C(=O)NO)C3c3ccccc3)cc2)nc1. The number of amides is 1. The molecule has 1 aliphatic rings. The number of rotatable bonds is 4. The molecule has 1 aliphatic carbocycles. The Bertz CT molecular complexity index is 908. The lowest BCUT2D eigenvalue weighted by molar-refractivity contribution is -0.130. The standard InChI is InChI=1S/C21H19N3O2/c1-13-11-22-20(23-12-13)16-9-7-15(8-10-16)18-17(19(18)21(25)24-26)14-5-3-2-4-6-14/h2-12,17-19,26H,1H3,(H,24,25). The van der Waals surface area contributed by atoms with Crippen molar-refractivity contribution in [2.45, 2.75) is 18.8 Å². The van der Waals surface area contributed by atoms with Crippen molar-refractivity contribution in [1.29, 1.82) is 0 Å². The fourth-order valence-electron chi connectivity index (χ4n) is 3.61. The van der Waals surface area contributed by atoms with Crippen molar-refractivity contribution in [2.75, 3.05) is 0 Å². The molecule has 0 aliphatic heterocycles. The predicted octanol–water partition coefficient (Wildman–Crippen LogP) is 3.45. The second kappa shape index (κ2) is 6.69. The van der Waals surface area contributed by atoms with E-state index in [1.807, 2.05) is 67.0 Å². The highest BCUT2D eigenvalue weighted by Gasteiger charge is 2.56. The molecule has 1 heterocycles. The number of carbonyl (C=O) groups excluding carboxylic acids is 1. The van der Waals surface area contributed by atoms with Crippen molar-refractivity contribution in [3.8, 4) is 11.4 Å². The highest BCUT2D eigenvalue weighted by molar-refractivity contribution is 5.84. The summed E-state index contributed by atoms with van der Waals surface area (Å²) in [5.74, 6) is 0.211. The van der Waals surface area contributed by atoms with Crippen LogP contribution >= 0.6 is 0 Å². The Kier molecular flexibility index (Phi) is 4.22. The van der Waals surface area contributed by atoms with Crippen LogP contribution in [0, 0.1) is 12.8 Å². The van der Waals surface area contributed by atoms with Crippen LogP contribution in [0.5, 0.6) is 0 Å². The third kappa shape index (κ3) is 2.97. The summed E-state index contributed by atoms with van der Waals surface area (Å²) in [6, 6.07) is 17.9. The quantitative estimate of drug-likeness (QED) is 0.561. The summed E-state index contributed by atoms with van der Waals surface area (Å²) in [5, 5.41) is 9.07. The van der Waals surface area contributed by atoms with E-state index in [0.29, 0.717) is 5.82 Å². The van der Waals surface area contributed by atoms with E-state index in [1.54, 1.807) is 12.4 Å². The van der Waals surface area contributed by atoms with Crippen molar-refractivity contribution < 1.29 is 10.0 Å². The van der Waals surface area contributed by atoms with Crippen molar-refractivity contribution in [3.63, 3.8) is 0 Å². The largest absolute Gasteiger partial charge is 0.289 e. The fourth-order valence-corrected chi connectivity index (χ4v) is 3.61. The molecule has 3 aromatic rings. The molecule has 4 rings (SSSR count). The van der Waals surface area contributed by atoms with Gasteiger partial charge >= 0.3 is 0 Å². The average Bonchev–Trinajstić information content (AvgIpc) is 3.44. The van der Waals surface area contributed by atoms with Gasteiger partial charge in [-0.2, -0.15) is 0 Å². The van der Waals surface area contributed by atoms with Gasteiger partial charge in [-0.15, -0.1) is 0 Å². The molecule has 3 unspecified atom stereocenters. The Morgan fingerprint density at radius 3 is 2.08 bits per heavy atom. The summed E-state index contributed by atoms with van der Waals surface area (Å²) in [7, 11) is 0. The van der Waals surface area contributed by atoms with Gasteiger partial charge < -0.3 is 0 Å². The van der Waals surface area contributed by atoms with E-state index in [0.717, 1.165) is 22.3 Å². The summed E-state index contributed by atoms with van der Waals surface area (Å²) in [4.78, 5) is 20.8. The van der Waals surface area contributed by atoms with Gasteiger partial charge in [-0.1, -0.05) is 54.6 Å². The Balaban J connectivity index is 1.61. The molecule has 5 nitrogen and oxygen atoms in total. The third-order valence-electron chi connectivity index (χ3n) is 4.95. The predicted molar refractivity (Wildman–Crippen MR) is 97.5 cm³/mol. The first kappa shape index (κ1) is 16.4. The van der Waals surface area contributed by atoms with E-state index in [-0.39, 0.29) is 23.7 Å². The minimum Gasteiger partial charge on any atom is -0.289 e. The minimum absolute atomic E-state index is 0.0533. The zero-order valence-electron chi connectivity index (χ0n) is 14.3. The molecule has 3 atom stereocenters. The number of aryl methyl sites for hydroxylation is 1. The molecule has 0 bridgehead atoms. The normalized spacial score (nSPS) is 21.2. The van der Waals surface area contributed by atoms with Crippen LogP contribution in [0.3, 0.4) is 0 Å². The number of carbonyl (C=O) groups is 1. The molecule has 0 spiro atoms. The molecular weight excluding hydrogens is 326 g/mol. The lowest BCUT2D eigenvalue weighted by atomic mass is 10.0. The molecule has 26 heavy (non-hydrogen) atoms. The van der Waals surface area contributed by atoms with Gasteiger partial charge in [0.1, 0.15) is 0 Å². The van der Waals surface area contributed by atoms with Crippen molar-refractivity contribution >= 4 is 5.91 Å². The van der Waals surface area contributed by atoms with Crippen molar-refractivity contribution in [3.05, 3.63) is 83.7 Å². The summed E-state index contributed by atoms with van der Waals surface area (Å²) >= 11 is 0. The van der Waals surface area contributed by atoms with Gasteiger partial charge in [0.15, 0.2) is 5.82 Å². The van der Waals surface area contributed by atoms with Gasteiger partial charge in [0.2, 0.25) is 5.91 Å². The Labute approximate surface area is 151 Å². The van der Waals surface area contributed by atoms with Gasteiger partial charge in [0, 0.05) is 29.8 Å². The van der Waals surface area contributed by atoms with Gasteiger partial charge in [0.05, 0.1) is 5.92 Å². The van der Waals surface area contributed by atoms with E-state index in [2.05, 4.69) is 9.97 Å². The molecule has 1 amide bonds. The van der Waals surface area contributed by atoms with Gasteiger partial charge in [-0.3, -0.25) is 10.0 Å². The van der Waals surface area contributed by atoms with Crippen molar-refractivity contribution in [1.82, 2.24) is 15.4 Å². The lowest BCUT2D eigenvalue weighted by Crippen LogP contribution is -2.21. The molecule has 2 aromatic carbocycles. The zero-order chi connectivity index (χ0) is 18.1. The van der Waals surface area contributed by atoms with Gasteiger partial charge in [0.25, 0.3) is 0 Å². The average molecular weight is 345 g/mol. The van der Waals surface area contributed by atoms with Crippen LogP contribution in [0.1, 0.15) is 28.5 Å². The minimum atomic E-state index is -0.338. The van der Waals surface area contributed by atoms with E-state index in [4.69, 9.17) is 5.21 Å². The Morgan fingerprint density at radius 2 is 1.50 bits per heavy atom. The second-order valence-electron chi connectivity index (χ2n) is 6.67. The molecule has 130 valence electrons. The summed E-state index contributed by atoms with van der Waals surface area (Å²) in [5.41, 5.74) is 5.95. The summed E-state index contributed by atoms with van der Waals surface area (Å²) in [6.45, 7) is 1.95. The molecule has 1 saturated carbocycles. The molecule has 0 saturated heterocycles. The van der Waals surface area contributed by atoms with Gasteiger partial charge in [-0.05, 0) is 23.6 Å². The maximum atomic E-state index is 12.1. The van der Waals surface area contributed by atoms with Crippen LogP contribution in [-0.2, 0) is 4.79 Å². The van der Waals surface area contributed by atoms with Crippen molar-refractivity contribution in [2.24, 2.45) is 5.92 Å². The Hall–Kier alpha value is -3.05. The van der Waals surface area contributed by atoms with Crippen LogP contribution in [0.4, 0.5) is 0 Å². The molecular formula is C21H19N3O2. The number of nitrogens with zero attached hydrogens (tertiary/aromatic N) is 2. The van der Waals surface area contributed by atoms with E-state index in [9.17, 15) is 4.79 Å². The Morgan fingerprint density at radius 1 is 0.923 bits per heavy atom. The highest BCUT2D eigenvalue weighted by atomic mass is 16.5. The summed E-state index contributed by atoms with van der Waals surface area (Å²) < 4.78 is 0. The maximum Gasteiger partial charge on any atom is 0.247 e. The first-order valence-corrected chi connectivity index (χ1v) is 8.57. The second-order valence-corrected chi connectivity index (χ2v) is 6.67. The number of nitrogens with one attached hydrogen (secondary N) is 1. The van der Waals surface area contributed by atoms with Crippen LogP contribution < -0.4 is 5.48 Å². The molecule has 5 heteroatoms. The van der Waals surface area contributed by atoms with E-state index in [1.165, 1.54) is 0 Å². The summed E-state index contributed by atoms with van der Waals surface area (Å²) in [6.07, 6.45) is 3.59. The third-order valence-corrected chi connectivity index (χ3v) is 4.95. The molecule has 2 N–H and O–H groups in total. The number of hydrogen-bond acceptors (Lipinski definition) is 4. The lowest BCUT2D eigenvalue weighted by Gasteiger charge is -2.04. The number of hydroxylamine groups is 1. The monoisotopic (exact) mass is 345 g/mol. The number of benzene rings is 2. The topological polar surface area (TPSA) is 75.1 Å². The highest BCUT2D eigenvalue weighted by Crippen LogP contribution is 2.60. The fraction of sp³-hybridized carbons (Fsp3) is 0.190. The van der Waals surface area contributed by atoms with Crippen LogP contribution in [0.25, 0.3) is 11.4 Å². The number of aromatic nitrogens is 2. The smallest absolute Gasteiger partial charge is 0.247 e. The van der Waals surface area contributed by atoms with Crippen LogP contribution in [0.2, 0.25) is 0 Å². The maximum absolute atomic E-state index is 12.1. The van der Waals surface area contributed by atoms with E-state index < -0.39 is 0 Å².